The molecule has 1 N–H and O–H groups in total. The van der Waals surface area contributed by atoms with E-state index in [9.17, 15) is 18.0 Å². The molecule has 0 aromatic carbocycles. The summed E-state index contributed by atoms with van der Waals surface area (Å²) in [5, 5.41) is -0.284. The van der Waals surface area contributed by atoms with Gasteiger partial charge in [0.15, 0.2) is 5.76 Å². The van der Waals surface area contributed by atoms with Crippen molar-refractivity contribution in [3.63, 3.8) is 0 Å². The van der Waals surface area contributed by atoms with Crippen LogP contribution in [0.2, 0.25) is 0 Å². The van der Waals surface area contributed by atoms with Gasteiger partial charge < -0.3 is 14.2 Å². The lowest BCUT2D eigenvalue weighted by molar-refractivity contribution is -0.136. The van der Waals surface area contributed by atoms with Gasteiger partial charge in [0.1, 0.15) is 0 Å². The number of furan rings is 1. The first-order valence-electron chi connectivity index (χ1n) is 8.54. The van der Waals surface area contributed by atoms with Crippen LogP contribution in [0.1, 0.15) is 36.2 Å². The summed E-state index contributed by atoms with van der Waals surface area (Å²) in [6, 6.07) is 2.63. The maximum Gasteiger partial charge on any atom is 0.289 e. The zero-order chi connectivity index (χ0) is 18.0. The van der Waals surface area contributed by atoms with E-state index >= 15 is 0 Å². The standard InChI is InChI=1S/C16H23N3O5S/c1-17-25(22,23)14-7-6-13(24-14)16(21)19-10-8-18(9-11-19)15(20)12-4-2-3-5-12/h6-7,12,17H,2-5,8-11H2,1H3. The highest BCUT2D eigenvalue weighted by atomic mass is 32.2. The molecule has 3 rings (SSSR count). The van der Waals surface area contributed by atoms with Gasteiger partial charge in [-0.2, -0.15) is 0 Å². The molecule has 2 aliphatic rings. The molecule has 9 heteroatoms. The Balaban J connectivity index is 1.59. The summed E-state index contributed by atoms with van der Waals surface area (Å²) in [5.74, 6) is -0.0263. The summed E-state index contributed by atoms with van der Waals surface area (Å²) in [7, 11) is -2.43. The average Bonchev–Trinajstić information content (AvgIpc) is 3.32. The first kappa shape index (κ1) is 17.9. The van der Waals surface area contributed by atoms with E-state index in [2.05, 4.69) is 4.72 Å². The summed E-state index contributed by atoms with van der Waals surface area (Å²) in [6.45, 7) is 1.85. The Morgan fingerprint density at radius 3 is 2.28 bits per heavy atom. The molecule has 0 spiro atoms. The van der Waals surface area contributed by atoms with E-state index < -0.39 is 10.0 Å². The Hall–Kier alpha value is -1.87. The second kappa shape index (κ2) is 7.17. The molecule has 8 nitrogen and oxygen atoms in total. The van der Waals surface area contributed by atoms with Gasteiger partial charge in [-0.3, -0.25) is 9.59 Å². The van der Waals surface area contributed by atoms with Crippen LogP contribution in [0.25, 0.3) is 0 Å². The van der Waals surface area contributed by atoms with E-state index in [1.54, 1.807) is 4.90 Å². The summed E-state index contributed by atoms with van der Waals surface area (Å²) >= 11 is 0. The monoisotopic (exact) mass is 369 g/mol. The Bertz CT molecular complexity index is 744. The Morgan fingerprint density at radius 2 is 1.68 bits per heavy atom. The number of hydrogen-bond acceptors (Lipinski definition) is 5. The third kappa shape index (κ3) is 3.72. The van der Waals surface area contributed by atoms with Crippen molar-refractivity contribution in [2.24, 2.45) is 5.92 Å². The van der Waals surface area contributed by atoms with Crippen LogP contribution < -0.4 is 4.72 Å². The third-order valence-electron chi connectivity index (χ3n) is 4.91. The van der Waals surface area contributed by atoms with Crippen molar-refractivity contribution in [3.8, 4) is 0 Å². The SMILES string of the molecule is CNS(=O)(=O)c1ccc(C(=O)N2CCN(C(=O)C3CCCC3)CC2)o1. The predicted molar refractivity (Wildman–Crippen MR) is 89.4 cm³/mol. The lowest BCUT2D eigenvalue weighted by Crippen LogP contribution is -2.51. The molecule has 1 aliphatic heterocycles. The number of rotatable bonds is 4. The number of amides is 2. The van der Waals surface area contributed by atoms with E-state index in [-0.39, 0.29) is 28.6 Å². The van der Waals surface area contributed by atoms with Gasteiger partial charge in [0.05, 0.1) is 0 Å². The number of carbonyl (C=O) groups is 2. The Kier molecular flexibility index (Phi) is 5.14. The van der Waals surface area contributed by atoms with Crippen LogP contribution in [0.3, 0.4) is 0 Å². The molecule has 1 aromatic rings. The molecule has 2 fully saturated rings. The topological polar surface area (TPSA) is 99.9 Å². The highest BCUT2D eigenvalue weighted by Crippen LogP contribution is 2.27. The fraction of sp³-hybridized carbons (Fsp3) is 0.625. The van der Waals surface area contributed by atoms with Gasteiger partial charge in [-0.05, 0) is 32.0 Å². The fourth-order valence-corrected chi connectivity index (χ4v) is 4.04. The zero-order valence-electron chi connectivity index (χ0n) is 14.2. The van der Waals surface area contributed by atoms with Gasteiger partial charge in [0.25, 0.3) is 15.9 Å². The molecule has 0 unspecified atom stereocenters. The van der Waals surface area contributed by atoms with E-state index in [0.717, 1.165) is 25.7 Å². The summed E-state index contributed by atoms with van der Waals surface area (Å²) in [4.78, 5) is 28.3. The van der Waals surface area contributed by atoms with E-state index in [1.807, 2.05) is 4.90 Å². The van der Waals surface area contributed by atoms with Crippen LogP contribution in [0.15, 0.2) is 21.6 Å². The third-order valence-corrected chi connectivity index (χ3v) is 6.20. The van der Waals surface area contributed by atoms with E-state index in [4.69, 9.17) is 4.42 Å². The number of nitrogens with one attached hydrogen (secondary N) is 1. The molecule has 1 aromatic heterocycles. The van der Waals surface area contributed by atoms with Crippen LogP contribution in [0.5, 0.6) is 0 Å². The molecule has 2 amide bonds. The van der Waals surface area contributed by atoms with Crippen molar-refractivity contribution in [2.45, 2.75) is 30.8 Å². The summed E-state index contributed by atoms with van der Waals surface area (Å²) < 4.78 is 30.7. The summed E-state index contributed by atoms with van der Waals surface area (Å²) in [5.41, 5.74) is 0. The first-order chi connectivity index (χ1) is 11.9. The van der Waals surface area contributed by atoms with Gasteiger partial charge in [0, 0.05) is 32.1 Å². The van der Waals surface area contributed by atoms with Crippen LogP contribution >= 0.6 is 0 Å². The predicted octanol–water partition coefficient (Wildman–Crippen LogP) is 0.662. The molecular formula is C16H23N3O5S. The molecule has 0 radical (unpaired) electrons. The lowest BCUT2D eigenvalue weighted by atomic mass is 10.1. The molecule has 1 saturated heterocycles. The molecule has 25 heavy (non-hydrogen) atoms. The van der Waals surface area contributed by atoms with Crippen LogP contribution in [0, 0.1) is 5.92 Å². The average molecular weight is 369 g/mol. The lowest BCUT2D eigenvalue weighted by Gasteiger charge is -2.35. The normalized spacial score (nSPS) is 19.4. The van der Waals surface area contributed by atoms with Crippen molar-refractivity contribution >= 4 is 21.8 Å². The van der Waals surface area contributed by atoms with Crippen molar-refractivity contribution in [2.75, 3.05) is 33.2 Å². The number of carbonyl (C=O) groups excluding carboxylic acids is 2. The number of piperazine rings is 1. The van der Waals surface area contributed by atoms with Gasteiger partial charge in [-0.1, -0.05) is 12.8 Å². The Labute approximate surface area is 147 Å². The first-order valence-corrected chi connectivity index (χ1v) is 10.0. The zero-order valence-corrected chi connectivity index (χ0v) is 15.0. The molecule has 1 saturated carbocycles. The number of nitrogens with zero attached hydrogens (tertiary/aromatic N) is 2. The van der Waals surface area contributed by atoms with Crippen molar-refractivity contribution in [1.29, 1.82) is 0 Å². The van der Waals surface area contributed by atoms with Gasteiger partial charge >= 0.3 is 0 Å². The maximum atomic E-state index is 12.5. The molecule has 0 bridgehead atoms. The minimum absolute atomic E-state index is 0.00982. The largest absolute Gasteiger partial charge is 0.438 e. The quantitative estimate of drug-likeness (QED) is 0.840. The number of hydrogen-bond donors (Lipinski definition) is 1. The van der Waals surface area contributed by atoms with Crippen LogP contribution in [-0.4, -0.2) is 63.3 Å². The molecular weight excluding hydrogens is 346 g/mol. The van der Waals surface area contributed by atoms with Crippen molar-refractivity contribution < 1.29 is 22.4 Å². The maximum absolute atomic E-state index is 12.5. The van der Waals surface area contributed by atoms with Crippen LogP contribution in [-0.2, 0) is 14.8 Å². The van der Waals surface area contributed by atoms with Crippen molar-refractivity contribution in [3.05, 3.63) is 17.9 Å². The van der Waals surface area contributed by atoms with E-state index in [1.165, 1.54) is 19.2 Å². The smallest absolute Gasteiger partial charge is 0.289 e. The number of sulfonamides is 1. The second-order valence-electron chi connectivity index (χ2n) is 6.43. The highest BCUT2D eigenvalue weighted by Gasteiger charge is 2.31. The molecule has 0 atom stereocenters. The molecule has 138 valence electrons. The molecule has 1 aliphatic carbocycles. The minimum Gasteiger partial charge on any atom is -0.438 e. The van der Waals surface area contributed by atoms with Gasteiger partial charge in [-0.15, -0.1) is 0 Å². The Morgan fingerprint density at radius 1 is 1.08 bits per heavy atom. The van der Waals surface area contributed by atoms with E-state index in [0.29, 0.717) is 26.2 Å². The minimum atomic E-state index is -3.71. The summed E-state index contributed by atoms with van der Waals surface area (Å²) in [6.07, 6.45) is 4.16. The fourth-order valence-electron chi connectivity index (χ4n) is 3.40. The van der Waals surface area contributed by atoms with Crippen molar-refractivity contribution in [1.82, 2.24) is 14.5 Å². The van der Waals surface area contributed by atoms with Crippen LogP contribution in [0.4, 0.5) is 0 Å². The van der Waals surface area contributed by atoms with Gasteiger partial charge in [0.2, 0.25) is 11.0 Å². The van der Waals surface area contributed by atoms with Gasteiger partial charge in [-0.25, -0.2) is 13.1 Å². The molecule has 2 heterocycles. The second-order valence-corrected chi connectivity index (χ2v) is 8.24. The highest BCUT2D eigenvalue weighted by molar-refractivity contribution is 7.89.